The van der Waals surface area contributed by atoms with Gasteiger partial charge in [-0.25, -0.2) is 4.39 Å². The highest BCUT2D eigenvalue weighted by Crippen LogP contribution is 2.08. The Labute approximate surface area is 123 Å². The minimum Gasteiger partial charge on any atom is -0.335 e. The van der Waals surface area contributed by atoms with Crippen LogP contribution in [0.5, 0.6) is 0 Å². The average molecular weight is 298 g/mol. The third kappa shape index (κ3) is 4.75. The summed E-state index contributed by atoms with van der Waals surface area (Å²) in [5.41, 5.74) is 0.879. The highest BCUT2D eigenvalue weighted by molar-refractivity contribution is 5.85. The van der Waals surface area contributed by atoms with Crippen molar-refractivity contribution in [3.8, 4) is 0 Å². The molecule has 0 radical (unpaired) electrons. The molecule has 0 bridgehead atoms. The molecule has 0 fully saturated rings. The normalized spacial score (nSPS) is 12.3. The molecule has 1 aromatic heterocycles. The van der Waals surface area contributed by atoms with E-state index in [-0.39, 0.29) is 18.2 Å². The van der Waals surface area contributed by atoms with Crippen molar-refractivity contribution in [3.63, 3.8) is 0 Å². The minimum atomic E-state index is -0.252. The van der Waals surface area contributed by atoms with Crippen molar-refractivity contribution in [2.24, 2.45) is 0 Å². The molecule has 1 atom stereocenters. The molecule has 0 saturated heterocycles. The maximum Gasteiger partial charge on any atom is 0.250 e. The van der Waals surface area contributed by atoms with Gasteiger partial charge in [-0.3, -0.25) is 0 Å². The van der Waals surface area contributed by atoms with Crippen LogP contribution in [0.15, 0.2) is 28.8 Å². The lowest BCUT2D eigenvalue weighted by Crippen LogP contribution is -2.24. The first-order valence-corrected chi connectivity index (χ1v) is 6.11. The quantitative estimate of drug-likeness (QED) is 0.922. The van der Waals surface area contributed by atoms with Crippen molar-refractivity contribution < 1.29 is 8.91 Å². The fraction of sp³-hybridized carbons (Fsp3) is 0.286. The molecule has 0 spiro atoms. The molecule has 0 aliphatic rings. The van der Waals surface area contributed by atoms with Gasteiger partial charge < -0.3 is 9.84 Å². The van der Waals surface area contributed by atoms with Crippen LogP contribution in [0.4, 0.5) is 4.39 Å². The van der Waals surface area contributed by atoms with Crippen LogP contribution in [0.2, 0.25) is 0 Å². The monoisotopic (exact) mass is 297 g/mol. The molecule has 0 saturated carbocycles. The lowest BCUT2D eigenvalue weighted by atomic mass is 10.2. The molecule has 0 amide bonds. The summed E-state index contributed by atoms with van der Waals surface area (Å²) >= 11 is 0. The van der Waals surface area contributed by atoms with E-state index in [0.29, 0.717) is 24.2 Å². The number of nitrogens with one attached hydrogen (secondary N) is 1. The van der Waals surface area contributed by atoms with E-state index >= 15 is 0 Å². The Hall–Kier alpha value is -1.72. The van der Waals surface area contributed by atoms with Gasteiger partial charge in [0.25, 0.3) is 5.89 Å². The second-order valence-electron chi connectivity index (χ2n) is 4.33. The van der Waals surface area contributed by atoms with Gasteiger partial charge >= 0.3 is 0 Å². The summed E-state index contributed by atoms with van der Waals surface area (Å²) in [6.07, 6.45) is 4.23. The summed E-state index contributed by atoms with van der Waals surface area (Å²) in [6, 6.07) is 6.49. The van der Waals surface area contributed by atoms with Crippen molar-refractivity contribution in [1.82, 2.24) is 15.5 Å². The Morgan fingerprint density at radius 2 is 2.00 bits per heavy atom. The van der Waals surface area contributed by atoms with Gasteiger partial charge in [0.2, 0.25) is 0 Å². The average Bonchev–Trinajstić information content (AvgIpc) is 2.85. The van der Waals surface area contributed by atoms with Crippen LogP contribution in [-0.4, -0.2) is 23.2 Å². The van der Waals surface area contributed by atoms with Crippen LogP contribution in [0.1, 0.15) is 24.2 Å². The topological polar surface area (TPSA) is 51.0 Å². The maximum absolute atomic E-state index is 12.7. The molecule has 2 rings (SSSR count). The van der Waals surface area contributed by atoms with Gasteiger partial charge in [-0.1, -0.05) is 17.3 Å². The fourth-order valence-electron chi connectivity index (χ4n) is 1.54. The van der Waals surface area contributed by atoms with E-state index in [4.69, 9.17) is 4.52 Å². The SMILES string of the molecule is CNC(C)Cc1noc(/C=C/c2ccc(F)cc2)n1.Cl. The number of aromatic nitrogens is 2. The molecule has 6 heteroatoms. The molecule has 0 aliphatic carbocycles. The number of likely N-dealkylation sites (N-methyl/N-ethyl adjacent to an activating group) is 1. The first-order chi connectivity index (χ1) is 9.17. The van der Waals surface area contributed by atoms with Crippen LogP contribution in [0.3, 0.4) is 0 Å². The van der Waals surface area contributed by atoms with E-state index in [1.54, 1.807) is 24.3 Å². The van der Waals surface area contributed by atoms with E-state index in [1.807, 2.05) is 14.0 Å². The van der Waals surface area contributed by atoms with Gasteiger partial charge in [0.1, 0.15) is 5.82 Å². The molecular weight excluding hydrogens is 281 g/mol. The zero-order valence-corrected chi connectivity index (χ0v) is 12.2. The summed E-state index contributed by atoms with van der Waals surface area (Å²) in [4.78, 5) is 4.25. The minimum absolute atomic E-state index is 0. The molecule has 2 aromatic rings. The van der Waals surface area contributed by atoms with Crippen molar-refractivity contribution in [1.29, 1.82) is 0 Å². The Morgan fingerprint density at radius 1 is 1.30 bits per heavy atom. The van der Waals surface area contributed by atoms with Crippen molar-refractivity contribution in [3.05, 3.63) is 47.4 Å². The third-order valence-corrected chi connectivity index (χ3v) is 2.75. The van der Waals surface area contributed by atoms with Crippen molar-refractivity contribution in [2.45, 2.75) is 19.4 Å². The lowest BCUT2D eigenvalue weighted by molar-refractivity contribution is 0.400. The largest absolute Gasteiger partial charge is 0.335 e. The number of rotatable bonds is 5. The Balaban J connectivity index is 0.00000200. The van der Waals surface area contributed by atoms with Crippen LogP contribution in [0, 0.1) is 5.82 Å². The van der Waals surface area contributed by atoms with Crippen molar-refractivity contribution in [2.75, 3.05) is 7.05 Å². The highest BCUT2D eigenvalue weighted by Gasteiger charge is 2.07. The first-order valence-electron chi connectivity index (χ1n) is 6.11. The van der Waals surface area contributed by atoms with Gasteiger partial charge in [0, 0.05) is 18.5 Å². The van der Waals surface area contributed by atoms with E-state index in [9.17, 15) is 4.39 Å². The van der Waals surface area contributed by atoms with E-state index in [1.165, 1.54) is 12.1 Å². The van der Waals surface area contributed by atoms with Crippen LogP contribution < -0.4 is 5.32 Å². The Morgan fingerprint density at radius 3 is 2.65 bits per heavy atom. The van der Waals surface area contributed by atoms with E-state index < -0.39 is 0 Å². The third-order valence-electron chi connectivity index (χ3n) is 2.75. The maximum atomic E-state index is 12.7. The summed E-state index contributed by atoms with van der Waals surface area (Å²) in [5, 5.41) is 7.00. The van der Waals surface area contributed by atoms with Crippen molar-refractivity contribution >= 4 is 24.6 Å². The predicted molar refractivity (Wildman–Crippen MR) is 79.1 cm³/mol. The van der Waals surface area contributed by atoms with Gasteiger partial charge in [-0.05, 0) is 37.7 Å². The molecular formula is C14H17ClFN3O. The fourth-order valence-corrected chi connectivity index (χ4v) is 1.54. The van der Waals surface area contributed by atoms with E-state index in [0.717, 1.165) is 5.56 Å². The van der Waals surface area contributed by atoms with Gasteiger partial charge in [0.15, 0.2) is 5.82 Å². The van der Waals surface area contributed by atoms with Gasteiger partial charge in [-0.2, -0.15) is 4.98 Å². The molecule has 1 unspecified atom stereocenters. The highest BCUT2D eigenvalue weighted by atomic mass is 35.5. The van der Waals surface area contributed by atoms with Crippen LogP contribution in [-0.2, 0) is 6.42 Å². The predicted octanol–water partition coefficient (Wildman–Crippen LogP) is 2.95. The molecule has 20 heavy (non-hydrogen) atoms. The smallest absolute Gasteiger partial charge is 0.250 e. The number of benzene rings is 1. The standard InChI is InChI=1S/C14H16FN3O.ClH/c1-10(16-2)9-13-17-14(19-18-13)8-5-11-3-6-12(15)7-4-11;/h3-8,10,16H,9H2,1-2H3;1H/b8-5+;. The van der Waals surface area contributed by atoms with Crippen LogP contribution >= 0.6 is 12.4 Å². The molecule has 108 valence electrons. The second-order valence-corrected chi connectivity index (χ2v) is 4.33. The van der Waals surface area contributed by atoms with Crippen LogP contribution in [0.25, 0.3) is 12.2 Å². The van der Waals surface area contributed by atoms with Gasteiger partial charge in [0.05, 0.1) is 0 Å². The summed E-state index contributed by atoms with van der Waals surface area (Å²) in [7, 11) is 1.89. The summed E-state index contributed by atoms with van der Waals surface area (Å²) in [5.74, 6) is 0.863. The number of hydrogen-bond donors (Lipinski definition) is 1. The van der Waals surface area contributed by atoms with Gasteiger partial charge in [-0.15, -0.1) is 12.4 Å². The number of hydrogen-bond acceptors (Lipinski definition) is 4. The number of halogens is 2. The lowest BCUT2D eigenvalue weighted by Gasteiger charge is -2.04. The number of nitrogens with zero attached hydrogens (tertiary/aromatic N) is 2. The molecule has 4 nitrogen and oxygen atoms in total. The molecule has 1 N–H and O–H groups in total. The zero-order chi connectivity index (χ0) is 13.7. The Kier molecular flexibility index (Phi) is 6.35. The molecule has 1 aromatic carbocycles. The summed E-state index contributed by atoms with van der Waals surface area (Å²) in [6.45, 7) is 2.05. The van der Waals surface area contributed by atoms with E-state index in [2.05, 4.69) is 15.5 Å². The molecule has 0 aliphatic heterocycles. The first kappa shape index (κ1) is 16.3. The second kappa shape index (κ2) is 7.77. The Bertz CT molecular complexity index is 554. The zero-order valence-electron chi connectivity index (χ0n) is 11.3. The summed E-state index contributed by atoms with van der Waals surface area (Å²) < 4.78 is 17.8. The molecule has 1 heterocycles.